The first kappa shape index (κ1) is 12.8. The highest BCUT2D eigenvalue weighted by Crippen LogP contribution is 2.27. The van der Waals surface area contributed by atoms with Crippen molar-refractivity contribution in [3.05, 3.63) is 28.0 Å². The number of sulfonamides is 1. The predicted molar refractivity (Wildman–Crippen MR) is 67.4 cm³/mol. The van der Waals surface area contributed by atoms with Gasteiger partial charge in [-0.1, -0.05) is 11.6 Å². The number of thiophene rings is 1. The van der Waals surface area contributed by atoms with Gasteiger partial charge in [0.15, 0.2) is 0 Å². The molecule has 0 unspecified atom stereocenters. The molecule has 0 amide bonds. The van der Waals surface area contributed by atoms with E-state index in [-0.39, 0.29) is 11.5 Å². The fraction of sp³-hybridized carbons (Fsp3) is 0.455. The number of nitrogens with zero attached hydrogens (tertiary/aromatic N) is 1. The van der Waals surface area contributed by atoms with E-state index in [1.165, 1.54) is 15.6 Å². The van der Waals surface area contributed by atoms with E-state index in [0.29, 0.717) is 18.0 Å². The largest absolute Gasteiger partial charge is 0.391 e. The monoisotopic (exact) mass is 273 g/mol. The molecule has 1 aromatic rings. The van der Waals surface area contributed by atoms with Crippen molar-refractivity contribution in [1.82, 2.24) is 4.31 Å². The maximum absolute atomic E-state index is 12.4. The standard InChI is InChI=1S/C11H15NO3S2/c1-9-3-2-5-12(7-9)17(14,15)11-4-6-16-10(11)8-13/h3-4,6,13H,2,5,7-8H2,1H3. The number of aliphatic hydroxyl groups excluding tert-OH is 1. The maximum atomic E-state index is 12.4. The Balaban J connectivity index is 2.34. The molecule has 0 spiro atoms. The van der Waals surface area contributed by atoms with Crippen molar-refractivity contribution in [2.45, 2.75) is 24.8 Å². The molecule has 0 bridgehead atoms. The van der Waals surface area contributed by atoms with E-state index in [9.17, 15) is 8.42 Å². The SMILES string of the molecule is CC1=CCCN(S(=O)(=O)c2ccsc2CO)C1. The fourth-order valence-corrected chi connectivity index (χ4v) is 4.66. The topological polar surface area (TPSA) is 57.6 Å². The van der Waals surface area contributed by atoms with Crippen LogP contribution in [0.25, 0.3) is 0 Å². The van der Waals surface area contributed by atoms with Gasteiger partial charge in [0.1, 0.15) is 0 Å². The average molecular weight is 273 g/mol. The summed E-state index contributed by atoms with van der Waals surface area (Å²) < 4.78 is 26.2. The van der Waals surface area contributed by atoms with E-state index in [0.717, 1.165) is 12.0 Å². The van der Waals surface area contributed by atoms with Crippen molar-refractivity contribution in [3.63, 3.8) is 0 Å². The zero-order valence-electron chi connectivity index (χ0n) is 9.59. The van der Waals surface area contributed by atoms with Gasteiger partial charge >= 0.3 is 0 Å². The highest BCUT2D eigenvalue weighted by atomic mass is 32.2. The summed E-state index contributed by atoms with van der Waals surface area (Å²) in [5.74, 6) is 0. The zero-order chi connectivity index (χ0) is 12.5. The summed E-state index contributed by atoms with van der Waals surface area (Å²) in [6.07, 6.45) is 2.82. The number of hydrogen-bond acceptors (Lipinski definition) is 4. The van der Waals surface area contributed by atoms with Gasteiger partial charge in [-0.3, -0.25) is 0 Å². The minimum atomic E-state index is -3.45. The van der Waals surface area contributed by atoms with Crippen LogP contribution in [0, 0.1) is 0 Å². The second-order valence-corrected chi connectivity index (χ2v) is 6.95. The van der Waals surface area contributed by atoms with E-state index in [2.05, 4.69) is 6.08 Å². The van der Waals surface area contributed by atoms with Crippen LogP contribution in [0.5, 0.6) is 0 Å². The van der Waals surface area contributed by atoms with Crippen LogP contribution in [0.3, 0.4) is 0 Å². The lowest BCUT2D eigenvalue weighted by molar-refractivity contribution is 0.282. The van der Waals surface area contributed by atoms with E-state index in [1.54, 1.807) is 11.4 Å². The predicted octanol–water partition coefficient (Wildman–Crippen LogP) is 1.58. The Kier molecular flexibility index (Phi) is 3.67. The minimum absolute atomic E-state index is 0.227. The molecular formula is C11H15NO3S2. The Morgan fingerprint density at radius 1 is 1.53 bits per heavy atom. The van der Waals surface area contributed by atoms with Crippen molar-refractivity contribution in [2.75, 3.05) is 13.1 Å². The van der Waals surface area contributed by atoms with E-state index in [1.807, 2.05) is 6.92 Å². The molecule has 1 aliphatic rings. The van der Waals surface area contributed by atoms with Crippen molar-refractivity contribution < 1.29 is 13.5 Å². The third-order valence-corrected chi connectivity index (χ3v) is 5.73. The third-order valence-electron chi connectivity index (χ3n) is 2.76. The highest BCUT2D eigenvalue weighted by molar-refractivity contribution is 7.89. The molecule has 6 heteroatoms. The Bertz CT molecular complexity index is 531. The molecule has 0 radical (unpaired) electrons. The summed E-state index contributed by atoms with van der Waals surface area (Å²) in [7, 11) is -3.45. The van der Waals surface area contributed by atoms with E-state index >= 15 is 0 Å². The Hall–Kier alpha value is -0.690. The number of rotatable bonds is 3. The first-order valence-corrected chi connectivity index (χ1v) is 7.70. The zero-order valence-corrected chi connectivity index (χ0v) is 11.2. The van der Waals surface area contributed by atoms with Crippen molar-refractivity contribution in [3.8, 4) is 0 Å². The second-order valence-electron chi connectivity index (χ2n) is 4.04. The molecule has 17 heavy (non-hydrogen) atoms. The molecule has 1 aliphatic heterocycles. The molecule has 2 rings (SSSR count). The van der Waals surface area contributed by atoms with Crippen molar-refractivity contribution in [1.29, 1.82) is 0 Å². The van der Waals surface area contributed by atoms with Gasteiger partial charge < -0.3 is 5.11 Å². The average Bonchev–Trinajstić information content (AvgIpc) is 2.77. The van der Waals surface area contributed by atoms with Gasteiger partial charge in [-0.05, 0) is 24.8 Å². The summed E-state index contributed by atoms with van der Waals surface area (Å²) in [6, 6.07) is 1.57. The quantitative estimate of drug-likeness (QED) is 0.851. The second kappa shape index (κ2) is 4.89. The van der Waals surface area contributed by atoms with Crippen LogP contribution in [-0.4, -0.2) is 30.9 Å². The maximum Gasteiger partial charge on any atom is 0.244 e. The van der Waals surface area contributed by atoms with Crippen LogP contribution in [0.4, 0.5) is 0 Å². The molecule has 0 saturated heterocycles. The Labute approximate surface area is 105 Å². The molecule has 4 nitrogen and oxygen atoms in total. The summed E-state index contributed by atoms with van der Waals surface area (Å²) in [6.45, 7) is 2.67. The third kappa shape index (κ3) is 2.44. The lowest BCUT2D eigenvalue weighted by Gasteiger charge is -2.25. The molecule has 0 atom stereocenters. The van der Waals surface area contributed by atoms with Gasteiger partial charge in [0.2, 0.25) is 10.0 Å². The molecule has 2 heterocycles. The molecule has 0 aliphatic carbocycles. The summed E-state index contributed by atoms with van der Waals surface area (Å²) in [5, 5.41) is 10.8. The van der Waals surface area contributed by atoms with Crippen LogP contribution in [0.15, 0.2) is 28.0 Å². The summed E-state index contributed by atoms with van der Waals surface area (Å²) >= 11 is 1.27. The van der Waals surface area contributed by atoms with Gasteiger partial charge in [-0.25, -0.2) is 8.42 Å². The molecule has 1 aromatic heterocycles. The van der Waals surface area contributed by atoms with Crippen molar-refractivity contribution >= 4 is 21.4 Å². The van der Waals surface area contributed by atoms with Gasteiger partial charge in [0.05, 0.1) is 11.5 Å². The first-order valence-electron chi connectivity index (χ1n) is 5.38. The van der Waals surface area contributed by atoms with Crippen molar-refractivity contribution in [2.24, 2.45) is 0 Å². The minimum Gasteiger partial charge on any atom is -0.391 e. The van der Waals surface area contributed by atoms with Gasteiger partial charge in [-0.15, -0.1) is 11.3 Å². The number of hydrogen-bond donors (Lipinski definition) is 1. The lowest BCUT2D eigenvalue weighted by atomic mass is 10.2. The molecule has 94 valence electrons. The molecular weight excluding hydrogens is 258 g/mol. The van der Waals surface area contributed by atoms with Crippen LogP contribution in [-0.2, 0) is 16.6 Å². The van der Waals surface area contributed by atoms with Gasteiger partial charge in [-0.2, -0.15) is 4.31 Å². The van der Waals surface area contributed by atoms with Crippen LogP contribution in [0.2, 0.25) is 0 Å². The van der Waals surface area contributed by atoms with Crippen LogP contribution < -0.4 is 0 Å². The molecule has 0 saturated carbocycles. The smallest absolute Gasteiger partial charge is 0.244 e. The lowest BCUT2D eigenvalue weighted by Crippen LogP contribution is -2.35. The molecule has 0 aromatic carbocycles. The fourth-order valence-electron chi connectivity index (χ4n) is 1.89. The van der Waals surface area contributed by atoms with Crippen LogP contribution in [0.1, 0.15) is 18.2 Å². The number of aliphatic hydroxyl groups is 1. The Morgan fingerprint density at radius 2 is 2.29 bits per heavy atom. The summed E-state index contributed by atoms with van der Waals surface area (Å²) in [5.41, 5.74) is 1.07. The van der Waals surface area contributed by atoms with Crippen LogP contribution >= 0.6 is 11.3 Å². The van der Waals surface area contributed by atoms with Gasteiger partial charge in [0.25, 0.3) is 0 Å². The highest BCUT2D eigenvalue weighted by Gasteiger charge is 2.28. The van der Waals surface area contributed by atoms with Gasteiger partial charge in [0, 0.05) is 18.0 Å². The Morgan fingerprint density at radius 3 is 2.94 bits per heavy atom. The molecule has 1 N–H and O–H groups in total. The van der Waals surface area contributed by atoms with E-state index in [4.69, 9.17) is 5.11 Å². The normalized spacial score (nSPS) is 18.1. The van der Waals surface area contributed by atoms with E-state index < -0.39 is 10.0 Å². The first-order chi connectivity index (χ1) is 8.05. The summed E-state index contributed by atoms with van der Waals surface area (Å²) in [4.78, 5) is 0.761. The molecule has 0 fully saturated rings.